The Balaban J connectivity index is 2.25. The molecule has 10 heteroatoms. The summed E-state index contributed by atoms with van der Waals surface area (Å²) in [6.45, 7) is 0. The zero-order chi connectivity index (χ0) is 15.1. The van der Waals surface area contributed by atoms with Crippen LogP contribution < -0.4 is 5.32 Å². The predicted octanol–water partition coefficient (Wildman–Crippen LogP) is 1.32. The van der Waals surface area contributed by atoms with Crippen LogP contribution in [0.1, 0.15) is 12.2 Å². The predicted molar refractivity (Wildman–Crippen MR) is 61.8 cm³/mol. The Hall–Kier alpha value is -1.90. The van der Waals surface area contributed by atoms with E-state index in [0.29, 0.717) is 0 Å². The van der Waals surface area contributed by atoms with E-state index in [9.17, 15) is 22.8 Å². The quantitative estimate of drug-likeness (QED) is 0.659. The number of likely N-dealkylation sites (N-methyl/N-ethyl adjacent to an activating group) is 1. The molecule has 20 heavy (non-hydrogen) atoms. The first-order valence-corrected chi connectivity index (χ1v) is 5.75. The van der Waals surface area contributed by atoms with Crippen molar-refractivity contribution in [3.63, 3.8) is 0 Å². The van der Waals surface area contributed by atoms with Crippen molar-refractivity contribution in [3.8, 4) is 0 Å². The smallest absolute Gasteiger partial charge is 0.358 e. The van der Waals surface area contributed by atoms with Crippen molar-refractivity contribution in [2.24, 2.45) is 0 Å². The Kier molecular flexibility index (Phi) is 3.55. The Bertz CT molecular complexity index is 578. The number of nitrogens with zero attached hydrogens (tertiary/aromatic N) is 3. The monoisotopic (exact) mass is 308 g/mol. The fourth-order valence-electron chi connectivity index (χ4n) is 1.67. The first-order valence-electron chi connectivity index (χ1n) is 5.37. The second kappa shape index (κ2) is 4.89. The number of likely N-dealkylation sites (tertiary alicyclic amines) is 1. The van der Waals surface area contributed by atoms with Crippen molar-refractivity contribution in [1.29, 1.82) is 0 Å². The van der Waals surface area contributed by atoms with Gasteiger partial charge < -0.3 is 5.32 Å². The van der Waals surface area contributed by atoms with Gasteiger partial charge in [0.2, 0.25) is 11.7 Å². The maximum atomic E-state index is 12.5. The van der Waals surface area contributed by atoms with E-state index in [-0.39, 0.29) is 12.2 Å². The van der Waals surface area contributed by atoms with E-state index in [1.165, 1.54) is 7.05 Å². The van der Waals surface area contributed by atoms with Gasteiger partial charge in [0.25, 0.3) is 5.91 Å². The molecule has 1 aliphatic rings. The van der Waals surface area contributed by atoms with Gasteiger partial charge in [0.1, 0.15) is 17.0 Å². The van der Waals surface area contributed by atoms with Crippen LogP contribution in [0.2, 0.25) is 5.15 Å². The zero-order valence-electron chi connectivity index (χ0n) is 10.0. The topological polar surface area (TPSA) is 75.2 Å². The first-order chi connectivity index (χ1) is 9.18. The van der Waals surface area contributed by atoms with Gasteiger partial charge in [0.15, 0.2) is 0 Å². The van der Waals surface area contributed by atoms with Crippen LogP contribution in [0.5, 0.6) is 0 Å². The maximum absolute atomic E-state index is 12.5. The number of hydrogen-bond acceptors (Lipinski definition) is 5. The molecule has 0 bridgehead atoms. The molecule has 0 aliphatic carbocycles. The van der Waals surface area contributed by atoms with Gasteiger partial charge in [-0.2, -0.15) is 13.2 Å². The fourth-order valence-corrected chi connectivity index (χ4v) is 1.85. The third-order valence-corrected chi connectivity index (χ3v) is 2.85. The molecule has 1 saturated heterocycles. The summed E-state index contributed by atoms with van der Waals surface area (Å²) in [6, 6.07) is 0.0897. The molecule has 0 spiro atoms. The summed E-state index contributed by atoms with van der Waals surface area (Å²) in [7, 11) is 1.29. The highest BCUT2D eigenvalue weighted by Crippen LogP contribution is 2.28. The Morgan fingerprint density at radius 2 is 2.05 bits per heavy atom. The lowest BCUT2D eigenvalue weighted by Crippen LogP contribution is -2.32. The van der Waals surface area contributed by atoms with Crippen LogP contribution in [-0.4, -0.2) is 39.8 Å². The number of carbonyl (C=O) groups is 2. The summed E-state index contributed by atoms with van der Waals surface area (Å²) >= 11 is 5.48. The average molecular weight is 309 g/mol. The molecule has 1 unspecified atom stereocenters. The molecule has 1 aliphatic heterocycles. The van der Waals surface area contributed by atoms with Crippen molar-refractivity contribution in [1.82, 2.24) is 14.9 Å². The highest BCUT2D eigenvalue weighted by Gasteiger charge is 2.38. The molecule has 2 rings (SSSR count). The number of nitrogens with one attached hydrogen (secondary N) is 1. The molecule has 1 aromatic heterocycles. The Labute approximate surface area is 115 Å². The molecular weight excluding hydrogens is 301 g/mol. The van der Waals surface area contributed by atoms with Crippen LogP contribution in [0, 0.1) is 0 Å². The van der Waals surface area contributed by atoms with E-state index in [0.717, 1.165) is 11.0 Å². The van der Waals surface area contributed by atoms with Crippen molar-refractivity contribution in [2.45, 2.75) is 18.6 Å². The standard InChI is InChI=1S/C10H8ClF3N4O2/c1-18-7(19)2-4(8(18)20)15-6-3-5(11)16-9(17-6)10(12,13)14/h3-4H,2H2,1H3,(H,15,16,17). The minimum absolute atomic E-state index is 0.154. The normalized spacial score (nSPS) is 19.6. The average Bonchev–Trinajstić information content (AvgIpc) is 2.55. The van der Waals surface area contributed by atoms with Crippen molar-refractivity contribution in [2.75, 3.05) is 12.4 Å². The minimum Gasteiger partial charge on any atom is -0.358 e. The van der Waals surface area contributed by atoms with Crippen LogP contribution >= 0.6 is 11.6 Å². The molecule has 0 radical (unpaired) electrons. The molecule has 108 valence electrons. The van der Waals surface area contributed by atoms with Crippen LogP contribution in [-0.2, 0) is 15.8 Å². The molecule has 6 nitrogen and oxygen atoms in total. The highest BCUT2D eigenvalue weighted by molar-refractivity contribution is 6.29. The van der Waals surface area contributed by atoms with E-state index >= 15 is 0 Å². The van der Waals surface area contributed by atoms with Crippen LogP contribution in [0.15, 0.2) is 6.07 Å². The van der Waals surface area contributed by atoms with E-state index in [1.54, 1.807) is 0 Å². The van der Waals surface area contributed by atoms with Gasteiger partial charge in [-0.1, -0.05) is 11.6 Å². The number of halogens is 4. The maximum Gasteiger partial charge on any atom is 0.451 e. The number of hydrogen-bond donors (Lipinski definition) is 1. The first kappa shape index (κ1) is 14.5. The minimum atomic E-state index is -4.76. The van der Waals surface area contributed by atoms with Crippen molar-refractivity contribution >= 4 is 29.2 Å². The number of amides is 2. The molecule has 0 aromatic carbocycles. The Morgan fingerprint density at radius 1 is 1.40 bits per heavy atom. The zero-order valence-corrected chi connectivity index (χ0v) is 10.8. The number of aromatic nitrogens is 2. The fraction of sp³-hybridized carbons (Fsp3) is 0.400. The van der Waals surface area contributed by atoms with Crippen molar-refractivity contribution < 1.29 is 22.8 Å². The Morgan fingerprint density at radius 3 is 2.55 bits per heavy atom. The molecule has 1 atom stereocenters. The van der Waals surface area contributed by atoms with E-state index in [4.69, 9.17) is 11.6 Å². The van der Waals surface area contributed by atoms with Gasteiger partial charge in [0.05, 0.1) is 6.42 Å². The van der Waals surface area contributed by atoms with Crippen molar-refractivity contribution in [3.05, 3.63) is 17.0 Å². The van der Waals surface area contributed by atoms with Gasteiger partial charge in [-0.05, 0) is 0 Å². The van der Waals surface area contributed by atoms with Gasteiger partial charge in [-0.15, -0.1) is 0 Å². The summed E-state index contributed by atoms with van der Waals surface area (Å²) < 4.78 is 37.6. The van der Waals surface area contributed by atoms with Crippen LogP contribution in [0.4, 0.5) is 19.0 Å². The lowest BCUT2D eigenvalue weighted by molar-refractivity contribution is -0.145. The molecule has 0 saturated carbocycles. The molecule has 2 amide bonds. The van der Waals surface area contributed by atoms with E-state index in [1.807, 2.05) is 0 Å². The molecule has 2 heterocycles. The number of carbonyl (C=O) groups excluding carboxylic acids is 2. The second-order valence-corrected chi connectivity index (χ2v) is 4.48. The molecule has 1 aromatic rings. The number of alkyl halides is 3. The summed E-state index contributed by atoms with van der Waals surface area (Å²) in [5, 5.41) is 2.04. The van der Waals surface area contributed by atoms with Gasteiger partial charge in [-0.3, -0.25) is 14.5 Å². The summed E-state index contributed by atoms with van der Waals surface area (Å²) in [5.74, 6) is -2.65. The number of imide groups is 1. The van der Waals surface area contributed by atoms with Gasteiger partial charge >= 0.3 is 6.18 Å². The van der Waals surface area contributed by atoms with Crippen LogP contribution in [0.25, 0.3) is 0 Å². The van der Waals surface area contributed by atoms with E-state index in [2.05, 4.69) is 15.3 Å². The summed E-state index contributed by atoms with van der Waals surface area (Å²) in [6.07, 6.45) is -4.91. The lowest BCUT2D eigenvalue weighted by Gasteiger charge is -2.13. The molecule has 1 fully saturated rings. The highest BCUT2D eigenvalue weighted by atomic mass is 35.5. The third-order valence-electron chi connectivity index (χ3n) is 2.65. The lowest BCUT2D eigenvalue weighted by atomic mass is 10.2. The SMILES string of the molecule is CN1C(=O)CC(Nc2cc(Cl)nc(C(F)(F)F)n2)C1=O. The number of rotatable bonds is 2. The number of anilines is 1. The van der Waals surface area contributed by atoms with Crippen LogP contribution in [0.3, 0.4) is 0 Å². The molecular formula is C10H8ClF3N4O2. The second-order valence-electron chi connectivity index (χ2n) is 4.09. The molecule has 1 N–H and O–H groups in total. The summed E-state index contributed by atoms with van der Waals surface area (Å²) in [4.78, 5) is 30.1. The largest absolute Gasteiger partial charge is 0.451 e. The van der Waals surface area contributed by atoms with E-state index < -0.39 is 35.0 Å². The van der Waals surface area contributed by atoms with Gasteiger partial charge in [-0.25, -0.2) is 9.97 Å². The third kappa shape index (κ3) is 2.82. The summed E-state index contributed by atoms with van der Waals surface area (Å²) in [5.41, 5.74) is 0. The van der Waals surface area contributed by atoms with Gasteiger partial charge in [0, 0.05) is 13.1 Å².